The number of halogens is 4. The Morgan fingerprint density at radius 1 is 1.46 bits per heavy atom. The summed E-state index contributed by atoms with van der Waals surface area (Å²) in [6, 6.07) is 0. The van der Waals surface area contributed by atoms with Crippen molar-refractivity contribution in [2.45, 2.75) is 18.5 Å². The van der Waals surface area contributed by atoms with Crippen LogP contribution >= 0.6 is 0 Å². The van der Waals surface area contributed by atoms with Crippen molar-refractivity contribution in [1.82, 2.24) is 0 Å². The molecule has 0 saturated heterocycles. The second-order valence-corrected chi connectivity index (χ2v) is 2.64. The van der Waals surface area contributed by atoms with E-state index in [-0.39, 0.29) is 6.42 Å². The third-order valence-corrected chi connectivity index (χ3v) is 1.40. The van der Waals surface area contributed by atoms with E-state index in [1.165, 1.54) is 6.08 Å². The van der Waals surface area contributed by atoms with Crippen LogP contribution in [-0.2, 0) is 4.74 Å². The number of alkyl halides is 3. The van der Waals surface area contributed by atoms with Crippen molar-refractivity contribution in [2.24, 2.45) is 5.73 Å². The van der Waals surface area contributed by atoms with Gasteiger partial charge in [0.1, 0.15) is 5.83 Å². The monoisotopic (exact) mass is 197 g/mol. The summed E-state index contributed by atoms with van der Waals surface area (Å²) in [5.74, 6) is -0.835. The van der Waals surface area contributed by atoms with Crippen LogP contribution in [0.2, 0.25) is 0 Å². The Balaban J connectivity index is 2.73. The van der Waals surface area contributed by atoms with Crippen LogP contribution in [0.1, 0.15) is 6.42 Å². The number of hydrogen-bond donors (Lipinski definition) is 1. The van der Waals surface area contributed by atoms with E-state index < -0.39 is 17.9 Å². The van der Waals surface area contributed by atoms with E-state index in [0.717, 1.165) is 6.08 Å². The second kappa shape index (κ2) is 3.12. The Kier molecular flexibility index (Phi) is 2.44. The molecular weight excluding hydrogens is 190 g/mol. The predicted molar refractivity (Wildman–Crippen MR) is 37.0 cm³/mol. The molecule has 0 heterocycles. The molecule has 0 saturated carbocycles. The molecule has 2 nitrogen and oxygen atoms in total. The van der Waals surface area contributed by atoms with Crippen LogP contribution in [0.3, 0.4) is 0 Å². The topological polar surface area (TPSA) is 35.2 Å². The van der Waals surface area contributed by atoms with E-state index in [0.29, 0.717) is 6.08 Å². The molecule has 0 aromatic carbocycles. The van der Waals surface area contributed by atoms with Gasteiger partial charge >= 0.3 is 6.36 Å². The maximum atomic E-state index is 12.5. The summed E-state index contributed by atoms with van der Waals surface area (Å²) in [6.07, 6.45) is -2.26. The molecule has 0 spiro atoms. The summed E-state index contributed by atoms with van der Waals surface area (Å²) in [5, 5.41) is 0. The molecule has 0 amide bonds. The minimum Gasteiger partial charge on any atom is -0.299 e. The Labute approximate surface area is 71.7 Å². The van der Waals surface area contributed by atoms with Gasteiger partial charge in [-0.3, -0.25) is 10.5 Å². The number of nitrogens with two attached hydrogens (primary N) is 1. The highest BCUT2D eigenvalue weighted by atomic mass is 19.4. The third-order valence-electron chi connectivity index (χ3n) is 1.40. The van der Waals surface area contributed by atoms with E-state index in [1.807, 2.05) is 0 Å². The lowest BCUT2D eigenvalue weighted by Gasteiger charge is -2.27. The Morgan fingerprint density at radius 3 is 2.54 bits per heavy atom. The van der Waals surface area contributed by atoms with E-state index in [1.54, 1.807) is 0 Å². The second-order valence-electron chi connectivity index (χ2n) is 2.64. The Bertz CT molecular complexity index is 258. The quantitative estimate of drug-likeness (QED) is 0.515. The highest BCUT2D eigenvalue weighted by molar-refractivity contribution is 5.22. The van der Waals surface area contributed by atoms with Gasteiger partial charge in [0.05, 0.1) is 0 Å². The fourth-order valence-corrected chi connectivity index (χ4v) is 0.983. The van der Waals surface area contributed by atoms with Crippen molar-refractivity contribution < 1.29 is 22.3 Å². The van der Waals surface area contributed by atoms with Crippen LogP contribution in [-0.4, -0.2) is 12.1 Å². The van der Waals surface area contributed by atoms with Crippen molar-refractivity contribution in [1.29, 1.82) is 0 Å². The minimum atomic E-state index is -4.86. The van der Waals surface area contributed by atoms with Crippen LogP contribution in [0.25, 0.3) is 0 Å². The van der Waals surface area contributed by atoms with Gasteiger partial charge in [-0.05, 0) is 12.2 Å². The number of ether oxygens (including phenoxy) is 1. The molecule has 0 bridgehead atoms. The number of allylic oxidation sites excluding steroid dienone is 2. The summed E-state index contributed by atoms with van der Waals surface area (Å²) in [4.78, 5) is 0. The molecule has 1 atom stereocenters. The van der Waals surface area contributed by atoms with Crippen LogP contribution in [0, 0.1) is 0 Å². The average molecular weight is 197 g/mol. The molecular formula is C7H7F4NO. The van der Waals surface area contributed by atoms with Crippen LogP contribution in [0.4, 0.5) is 17.6 Å². The van der Waals surface area contributed by atoms with Gasteiger partial charge in [0.25, 0.3) is 0 Å². The lowest BCUT2D eigenvalue weighted by Crippen LogP contribution is -2.45. The summed E-state index contributed by atoms with van der Waals surface area (Å²) >= 11 is 0. The van der Waals surface area contributed by atoms with Crippen LogP contribution < -0.4 is 5.73 Å². The van der Waals surface area contributed by atoms with Crippen molar-refractivity contribution >= 4 is 0 Å². The van der Waals surface area contributed by atoms with E-state index in [2.05, 4.69) is 4.74 Å². The predicted octanol–water partition coefficient (Wildman–Crippen LogP) is 1.99. The maximum Gasteiger partial charge on any atom is 0.524 e. The smallest absolute Gasteiger partial charge is 0.299 e. The summed E-state index contributed by atoms with van der Waals surface area (Å²) in [5.41, 5.74) is 3.01. The molecule has 74 valence electrons. The largest absolute Gasteiger partial charge is 0.524 e. The van der Waals surface area contributed by atoms with Gasteiger partial charge < -0.3 is 0 Å². The molecule has 0 aromatic rings. The fourth-order valence-electron chi connectivity index (χ4n) is 0.983. The molecule has 0 aromatic heterocycles. The lowest BCUT2D eigenvalue weighted by atomic mass is 10.1. The number of rotatable bonds is 1. The van der Waals surface area contributed by atoms with Crippen molar-refractivity contribution in [3.63, 3.8) is 0 Å². The van der Waals surface area contributed by atoms with Crippen LogP contribution in [0.15, 0.2) is 24.1 Å². The standard InChI is InChI=1S/C7H7F4NO/c8-5-2-1-3-6(12,4-5)13-7(9,10)11/h1-2,4H,3,12H2. The number of hydrogen-bond acceptors (Lipinski definition) is 2. The molecule has 0 fully saturated rings. The zero-order valence-electron chi connectivity index (χ0n) is 6.44. The van der Waals surface area contributed by atoms with Crippen molar-refractivity contribution in [2.75, 3.05) is 0 Å². The molecule has 1 aliphatic carbocycles. The molecule has 13 heavy (non-hydrogen) atoms. The Morgan fingerprint density at radius 2 is 2.08 bits per heavy atom. The van der Waals surface area contributed by atoms with E-state index in [9.17, 15) is 17.6 Å². The summed E-state index contributed by atoms with van der Waals surface area (Å²) < 4.78 is 51.3. The summed E-state index contributed by atoms with van der Waals surface area (Å²) in [6.45, 7) is 0. The maximum absolute atomic E-state index is 12.5. The van der Waals surface area contributed by atoms with Gasteiger partial charge in [-0.25, -0.2) is 4.39 Å². The molecule has 1 unspecified atom stereocenters. The first kappa shape index (κ1) is 10.2. The zero-order valence-corrected chi connectivity index (χ0v) is 6.44. The first-order chi connectivity index (χ1) is 5.81. The van der Waals surface area contributed by atoms with Gasteiger partial charge in [-0.2, -0.15) is 0 Å². The van der Waals surface area contributed by atoms with E-state index in [4.69, 9.17) is 5.73 Å². The molecule has 2 N–H and O–H groups in total. The molecule has 6 heteroatoms. The molecule has 1 rings (SSSR count). The van der Waals surface area contributed by atoms with Crippen molar-refractivity contribution in [3.8, 4) is 0 Å². The van der Waals surface area contributed by atoms with Gasteiger partial charge in [-0.15, -0.1) is 13.2 Å². The Hall–Kier alpha value is -0.880. The van der Waals surface area contributed by atoms with Gasteiger partial charge in [0, 0.05) is 6.42 Å². The van der Waals surface area contributed by atoms with E-state index >= 15 is 0 Å². The first-order valence-electron chi connectivity index (χ1n) is 3.41. The summed E-state index contributed by atoms with van der Waals surface area (Å²) in [7, 11) is 0. The zero-order chi connectivity index (χ0) is 10.1. The normalized spacial score (nSPS) is 28.8. The van der Waals surface area contributed by atoms with Crippen LogP contribution in [0.5, 0.6) is 0 Å². The highest BCUT2D eigenvalue weighted by Gasteiger charge is 2.40. The minimum absolute atomic E-state index is 0.208. The average Bonchev–Trinajstić information content (AvgIpc) is 1.79. The fraction of sp³-hybridized carbons (Fsp3) is 0.429. The SMILES string of the molecule is NC1(OC(F)(F)F)C=C(F)C=CC1. The highest BCUT2D eigenvalue weighted by Crippen LogP contribution is 2.29. The molecule has 0 radical (unpaired) electrons. The molecule has 0 aliphatic heterocycles. The van der Waals surface area contributed by atoms with Gasteiger partial charge in [0.15, 0.2) is 5.72 Å². The molecule has 1 aliphatic rings. The lowest BCUT2D eigenvalue weighted by molar-refractivity contribution is -0.357. The first-order valence-corrected chi connectivity index (χ1v) is 3.41. The van der Waals surface area contributed by atoms with Gasteiger partial charge in [-0.1, -0.05) is 6.08 Å². The third kappa shape index (κ3) is 3.16. The van der Waals surface area contributed by atoms with Crippen molar-refractivity contribution in [3.05, 3.63) is 24.1 Å². The van der Waals surface area contributed by atoms with Gasteiger partial charge in [0.2, 0.25) is 0 Å².